The van der Waals surface area contributed by atoms with Crippen molar-refractivity contribution in [1.29, 1.82) is 0 Å². The molecule has 11 heavy (non-hydrogen) atoms. The first-order valence-electron chi connectivity index (χ1n) is 3.76. The normalized spacial score (nSPS) is 11.1. The van der Waals surface area contributed by atoms with Gasteiger partial charge in [-0.15, -0.1) is 11.3 Å². The highest BCUT2D eigenvalue weighted by Gasteiger charge is 1.89. The van der Waals surface area contributed by atoms with E-state index >= 15 is 0 Å². The Hall–Kier alpha value is -0.600. The van der Waals surface area contributed by atoms with Gasteiger partial charge in [-0.1, -0.05) is 6.08 Å². The summed E-state index contributed by atoms with van der Waals surface area (Å²) >= 11 is 1.81. The lowest BCUT2D eigenvalue weighted by Crippen LogP contribution is -1.94. The molecular formula is C9H13NS. The second-order valence-electron chi connectivity index (χ2n) is 2.43. The molecule has 0 aromatic carbocycles. The van der Waals surface area contributed by atoms with Crippen molar-refractivity contribution in [2.75, 3.05) is 6.54 Å². The average Bonchev–Trinajstić information content (AvgIpc) is 2.37. The Bertz CT molecular complexity index is 237. The van der Waals surface area contributed by atoms with Gasteiger partial charge in [0.1, 0.15) is 0 Å². The van der Waals surface area contributed by atoms with Crippen LogP contribution >= 0.6 is 11.3 Å². The van der Waals surface area contributed by atoms with Gasteiger partial charge >= 0.3 is 0 Å². The lowest BCUT2D eigenvalue weighted by molar-refractivity contribution is 1.01. The van der Waals surface area contributed by atoms with E-state index in [9.17, 15) is 0 Å². The molecule has 0 aliphatic heterocycles. The Labute approximate surface area is 71.5 Å². The minimum Gasteiger partial charge on any atom is -0.330 e. The van der Waals surface area contributed by atoms with E-state index in [4.69, 9.17) is 5.73 Å². The average molecular weight is 167 g/mol. The van der Waals surface area contributed by atoms with Crippen molar-refractivity contribution in [2.45, 2.75) is 13.3 Å². The number of rotatable bonds is 3. The number of hydrogen-bond acceptors (Lipinski definition) is 2. The molecule has 1 heterocycles. The predicted octanol–water partition coefficient (Wildman–Crippen LogP) is 2.42. The molecule has 60 valence electrons. The predicted molar refractivity (Wildman–Crippen MR) is 51.8 cm³/mol. The van der Waals surface area contributed by atoms with E-state index < -0.39 is 0 Å². The molecule has 0 saturated heterocycles. The number of aryl methyl sites for hydroxylation is 1. The number of thiophene rings is 1. The second kappa shape index (κ2) is 4.31. The molecule has 0 spiro atoms. The highest BCUT2D eigenvalue weighted by molar-refractivity contribution is 7.12. The van der Waals surface area contributed by atoms with Crippen LogP contribution in [0, 0.1) is 6.92 Å². The van der Waals surface area contributed by atoms with Crippen molar-refractivity contribution in [2.24, 2.45) is 5.73 Å². The standard InChI is InChI=1S/C9H13NS/c1-8-5-6-9(11-8)4-2-3-7-10/h2,4-6H,3,7,10H2,1H3/b4-2+. The van der Waals surface area contributed by atoms with Gasteiger partial charge in [0, 0.05) is 9.75 Å². The smallest absolute Gasteiger partial charge is 0.0269 e. The van der Waals surface area contributed by atoms with Crippen LogP contribution in [0.5, 0.6) is 0 Å². The van der Waals surface area contributed by atoms with Crippen LogP contribution in [0.3, 0.4) is 0 Å². The molecule has 0 saturated carbocycles. The van der Waals surface area contributed by atoms with Gasteiger partial charge < -0.3 is 5.73 Å². The molecule has 1 aromatic heterocycles. The van der Waals surface area contributed by atoms with Crippen molar-refractivity contribution in [1.82, 2.24) is 0 Å². The fraction of sp³-hybridized carbons (Fsp3) is 0.333. The van der Waals surface area contributed by atoms with Crippen LogP contribution in [0.15, 0.2) is 18.2 Å². The third kappa shape index (κ3) is 2.87. The summed E-state index contributed by atoms with van der Waals surface area (Å²) in [6.45, 7) is 2.85. The maximum absolute atomic E-state index is 5.35. The van der Waals surface area contributed by atoms with Crippen molar-refractivity contribution >= 4 is 17.4 Å². The third-order valence-electron chi connectivity index (χ3n) is 1.38. The number of hydrogen-bond donors (Lipinski definition) is 1. The summed E-state index contributed by atoms with van der Waals surface area (Å²) in [4.78, 5) is 2.67. The van der Waals surface area contributed by atoms with E-state index in [0.717, 1.165) is 13.0 Å². The molecule has 0 amide bonds. The Morgan fingerprint density at radius 2 is 2.36 bits per heavy atom. The lowest BCUT2D eigenvalue weighted by Gasteiger charge is -1.83. The summed E-state index contributed by atoms with van der Waals surface area (Å²) in [5.74, 6) is 0. The van der Waals surface area contributed by atoms with Crippen LogP contribution < -0.4 is 5.73 Å². The van der Waals surface area contributed by atoms with Crippen LogP contribution in [-0.2, 0) is 0 Å². The molecule has 1 rings (SSSR count). The van der Waals surface area contributed by atoms with Crippen LogP contribution in [0.2, 0.25) is 0 Å². The molecule has 0 bridgehead atoms. The summed E-state index contributed by atoms with van der Waals surface area (Å²) in [5, 5.41) is 0. The van der Waals surface area contributed by atoms with Gasteiger partial charge in [0.05, 0.1) is 0 Å². The molecular weight excluding hydrogens is 154 g/mol. The van der Waals surface area contributed by atoms with E-state index in [-0.39, 0.29) is 0 Å². The molecule has 0 atom stereocenters. The van der Waals surface area contributed by atoms with Crippen LogP contribution in [-0.4, -0.2) is 6.54 Å². The van der Waals surface area contributed by atoms with Gasteiger partial charge in [-0.2, -0.15) is 0 Å². The second-order valence-corrected chi connectivity index (χ2v) is 3.75. The summed E-state index contributed by atoms with van der Waals surface area (Å²) in [6, 6.07) is 4.26. The third-order valence-corrected chi connectivity index (χ3v) is 2.34. The van der Waals surface area contributed by atoms with E-state index in [1.54, 1.807) is 0 Å². The maximum Gasteiger partial charge on any atom is 0.0269 e. The first-order valence-corrected chi connectivity index (χ1v) is 4.57. The minimum absolute atomic E-state index is 0.737. The fourth-order valence-corrected chi connectivity index (χ4v) is 1.65. The van der Waals surface area contributed by atoms with Gasteiger partial charge in [-0.3, -0.25) is 0 Å². The quantitative estimate of drug-likeness (QED) is 0.735. The molecule has 1 aromatic rings. The van der Waals surface area contributed by atoms with Crippen LogP contribution in [0.4, 0.5) is 0 Å². The summed E-state index contributed by atoms with van der Waals surface area (Å²) in [5.41, 5.74) is 5.35. The highest BCUT2D eigenvalue weighted by Crippen LogP contribution is 2.16. The van der Waals surface area contributed by atoms with E-state index in [1.165, 1.54) is 9.75 Å². The minimum atomic E-state index is 0.737. The maximum atomic E-state index is 5.35. The first-order chi connectivity index (χ1) is 5.33. The molecule has 1 nitrogen and oxygen atoms in total. The van der Waals surface area contributed by atoms with Gasteiger partial charge in [-0.05, 0) is 38.1 Å². The molecule has 0 radical (unpaired) electrons. The fourth-order valence-electron chi connectivity index (χ4n) is 0.839. The molecule has 0 unspecified atom stereocenters. The van der Waals surface area contributed by atoms with E-state index in [0.29, 0.717) is 0 Å². The van der Waals surface area contributed by atoms with E-state index in [1.807, 2.05) is 11.3 Å². The molecule has 2 heteroatoms. The van der Waals surface area contributed by atoms with Gasteiger partial charge in [0.25, 0.3) is 0 Å². The topological polar surface area (TPSA) is 26.0 Å². The van der Waals surface area contributed by atoms with Crippen molar-refractivity contribution < 1.29 is 0 Å². The summed E-state index contributed by atoms with van der Waals surface area (Å²) in [7, 11) is 0. The van der Waals surface area contributed by atoms with Gasteiger partial charge in [0.2, 0.25) is 0 Å². The number of nitrogens with two attached hydrogens (primary N) is 1. The van der Waals surface area contributed by atoms with Crippen LogP contribution in [0.25, 0.3) is 6.08 Å². The zero-order valence-electron chi connectivity index (χ0n) is 6.71. The van der Waals surface area contributed by atoms with Crippen molar-refractivity contribution in [3.63, 3.8) is 0 Å². The molecule has 0 aliphatic rings. The Morgan fingerprint density at radius 3 is 2.91 bits per heavy atom. The summed E-state index contributed by atoms with van der Waals surface area (Å²) < 4.78 is 0. The van der Waals surface area contributed by atoms with Crippen molar-refractivity contribution in [3.8, 4) is 0 Å². The van der Waals surface area contributed by atoms with Gasteiger partial charge in [-0.25, -0.2) is 0 Å². The molecule has 0 fully saturated rings. The first kappa shape index (κ1) is 8.50. The summed E-state index contributed by atoms with van der Waals surface area (Å²) in [6.07, 6.45) is 5.22. The zero-order chi connectivity index (χ0) is 8.10. The Balaban J connectivity index is 2.50. The van der Waals surface area contributed by atoms with E-state index in [2.05, 4.69) is 31.2 Å². The lowest BCUT2D eigenvalue weighted by atomic mass is 10.3. The highest BCUT2D eigenvalue weighted by atomic mass is 32.1. The van der Waals surface area contributed by atoms with Crippen molar-refractivity contribution in [3.05, 3.63) is 28.0 Å². The Kier molecular flexibility index (Phi) is 3.33. The monoisotopic (exact) mass is 167 g/mol. The zero-order valence-corrected chi connectivity index (χ0v) is 7.53. The molecule has 2 N–H and O–H groups in total. The van der Waals surface area contributed by atoms with Gasteiger partial charge in [0.15, 0.2) is 0 Å². The Morgan fingerprint density at radius 1 is 1.55 bits per heavy atom. The largest absolute Gasteiger partial charge is 0.330 e. The molecule has 0 aliphatic carbocycles. The SMILES string of the molecule is Cc1ccc(/C=C/CCN)s1. The van der Waals surface area contributed by atoms with Crippen LogP contribution in [0.1, 0.15) is 16.2 Å².